The maximum absolute atomic E-state index is 12.6. The number of carbonyl (C=O) groups excluding carboxylic acids is 1. The van der Waals surface area contributed by atoms with E-state index in [1.165, 1.54) is 0 Å². The van der Waals surface area contributed by atoms with Crippen LogP contribution in [-0.2, 0) is 0 Å². The molecule has 27 heavy (non-hydrogen) atoms. The highest BCUT2D eigenvalue weighted by molar-refractivity contribution is 6.33. The van der Waals surface area contributed by atoms with Crippen LogP contribution in [0.3, 0.4) is 0 Å². The summed E-state index contributed by atoms with van der Waals surface area (Å²) in [6.07, 6.45) is 1.10. The van der Waals surface area contributed by atoms with Gasteiger partial charge in [0.25, 0.3) is 0 Å². The predicted octanol–water partition coefficient (Wildman–Crippen LogP) is 3.93. The zero-order valence-electron chi connectivity index (χ0n) is 17.2. The first kappa shape index (κ1) is 21.8. The molecule has 5 nitrogen and oxygen atoms in total. The van der Waals surface area contributed by atoms with Gasteiger partial charge in [-0.15, -0.1) is 0 Å². The van der Waals surface area contributed by atoms with Gasteiger partial charge in [-0.25, -0.2) is 4.79 Å². The minimum Gasteiger partial charge on any atom is -0.367 e. The number of piperazine rings is 1. The van der Waals surface area contributed by atoms with Crippen LogP contribution in [0, 0.1) is 5.92 Å². The molecule has 1 aromatic rings. The summed E-state index contributed by atoms with van der Waals surface area (Å²) in [6, 6.07) is 8.35. The Balaban J connectivity index is 1.85. The minimum absolute atomic E-state index is 0.0507. The first-order chi connectivity index (χ1) is 13.0. The number of nitrogens with one attached hydrogen (secondary N) is 1. The van der Waals surface area contributed by atoms with Gasteiger partial charge >= 0.3 is 6.03 Å². The third kappa shape index (κ3) is 6.28. The second kappa shape index (κ2) is 10.8. The van der Waals surface area contributed by atoms with E-state index in [-0.39, 0.29) is 6.03 Å². The van der Waals surface area contributed by atoms with Crippen LogP contribution < -0.4 is 10.2 Å². The molecule has 0 bridgehead atoms. The topological polar surface area (TPSA) is 38.8 Å². The Morgan fingerprint density at radius 2 is 1.78 bits per heavy atom. The summed E-state index contributed by atoms with van der Waals surface area (Å²) in [7, 11) is 0. The first-order valence-corrected chi connectivity index (χ1v) is 10.6. The third-order valence-electron chi connectivity index (χ3n) is 5.32. The molecule has 152 valence electrons. The SMILES string of the molecule is CCN(CC)C(CNC(=O)N1CCN(c2ccccc2Cl)CC1)CC(C)C. The Bertz CT molecular complexity index is 583. The van der Waals surface area contributed by atoms with Crippen molar-refractivity contribution in [3.8, 4) is 0 Å². The molecule has 1 aliphatic rings. The van der Waals surface area contributed by atoms with Crippen LogP contribution >= 0.6 is 11.6 Å². The summed E-state index contributed by atoms with van der Waals surface area (Å²) >= 11 is 6.30. The number of likely N-dealkylation sites (N-methyl/N-ethyl adjacent to an activating group) is 1. The van der Waals surface area contributed by atoms with Gasteiger partial charge in [0.1, 0.15) is 0 Å². The van der Waals surface area contributed by atoms with Crippen molar-refractivity contribution in [1.82, 2.24) is 15.1 Å². The Morgan fingerprint density at radius 1 is 1.15 bits per heavy atom. The molecule has 1 atom stereocenters. The smallest absolute Gasteiger partial charge is 0.317 e. The highest BCUT2D eigenvalue weighted by Crippen LogP contribution is 2.26. The number of nitrogens with zero attached hydrogens (tertiary/aromatic N) is 3. The van der Waals surface area contributed by atoms with Crippen molar-refractivity contribution in [1.29, 1.82) is 0 Å². The molecule has 1 N–H and O–H groups in total. The highest BCUT2D eigenvalue weighted by atomic mass is 35.5. The molecule has 0 spiro atoms. The number of benzene rings is 1. The number of halogens is 1. The number of carbonyl (C=O) groups is 1. The molecule has 1 unspecified atom stereocenters. The lowest BCUT2D eigenvalue weighted by molar-refractivity contribution is 0.169. The van der Waals surface area contributed by atoms with Gasteiger partial charge in [-0.3, -0.25) is 4.90 Å². The van der Waals surface area contributed by atoms with Crippen LogP contribution in [0.2, 0.25) is 5.02 Å². The molecule has 0 saturated carbocycles. The van der Waals surface area contributed by atoms with E-state index in [1.807, 2.05) is 29.2 Å². The standard InChI is InChI=1S/C21H35ClN4O/c1-5-24(6-2)18(15-17(3)4)16-23-21(27)26-13-11-25(12-14-26)20-10-8-7-9-19(20)22/h7-10,17-18H,5-6,11-16H2,1-4H3,(H,23,27). The summed E-state index contributed by atoms with van der Waals surface area (Å²) in [6.45, 7) is 14.7. The van der Waals surface area contributed by atoms with Crippen LogP contribution in [0.25, 0.3) is 0 Å². The Morgan fingerprint density at radius 3 is 2.33 bits per heavy atom. The lowest BCUT2D eigenvalue weighted by Crippen LogP contribution is -2.54. The van der Waals surface area contributed by atoms with Gasteiger partial charge in [-0.05, 0) is 37.6 Å². The van der Waals surface area contributed by atoms with E-state index in [0.29, 0.717) is 18.5 Å². The van der Waals surface area contributed by atoms with E-state index in [9.17, 15) is 4.79 Å². The summed E-state index contributed by atoms with van der Waals surface area (Å²) < 4.78 is 0. The van der Waals surface area contributed by atoms with Gasteiger partial charge in [0.05, 0.1) is 10.7 Å². The number of rotatable bonds is 8. The Kier molecular flexibility index (Phi) is 8.71. The Hall–Kier alpha value is -1.46. The number of anilines is 1. The van der Waals surface area contributed by atoms with Gasteiger partial charge in [0, 0.05) is 38.8 Å². The number of hydrogen-bond acceptors (Lipinski definition) is 3. The van der Waals surface area contributed by atoms with Gasteiger partial charge in [0.15, 0.2) is 0 Å². The molecule has 1 aromatic carbocycles. The zero-order chi connectivity index (χ0) is 19.8. The number of urea groups is 1. The molecule has 0 aliphatic carbocycles. The van der Waals surface area contributed by atoms with E-state index in [0.717, 1.165) is 56.4 Å². The van der Waals surface area contributed by atoms with E-state index in [2.05, 4.69) is 42.8 Å². The Labute approximate surface area is 169 Å². The number of para-hydroxylation sites is 1. The highest BCUT2D eigenvalue weighted by Gasteiger charge is 2.24. The first-order valence-electron chi connectivity index (χ1n) is 10.2. The fourth-order valence-electron chi connectivity index (χ4n) is 3.82. The van der Waals surface area contributed by atoms with Crippen molar-refractivity contribution < 1.29 is 4.79 Å². The lowest BCUT2D eigenvalue weighted by Gasteiger charge is -2.37. The summed E-state index contributed by atoms with van der Waals surface area (Å²) in [5, 5.41) is 3.94. The average Bonchev–Trinajstić information content (AvgIpc) is 2.67. The normalized spacial score (nSPS) is 16.1. The maximum Gasteiger partial charge on any atom is 0.317 e. The van der Waals surface area contributed by atoms with Crippen molar-refractivity contribution in [2.24, 2.45) is 5.92 Å². The van der Waals surface area contributed by atoms with E-state index >= 15 is 0 Å². The van der Waals surface area contributed by atoms with Gasteiger partial charge in [0.2, 0.25) is 0 Å². The molecule has 1 saturated heterocycles. The zero-order valence-corrected chi connectivity index (χ0v) is 18.0. The molecular weight excluding hydrogens is 360 g/mol. The molecule has 1 heterocycles. The molecule has 2 rings (SSSR count). The largest absolute Gasteiger partial charge is 0.367 e. The van der Waals surface area contributed by atoms with Crippen molar-refractivity contribution in [2.45, 2.75) is 40.2 Å². The number of amides is 2. The van der Waals surface area contributed by atoms with Crippen LogP contribution in [0.15, 0.2) is 24.3 Å². The quantitative estimate of drug-likeness (QED) is 0.726. The molecule has 1 fully saturated rings. The van der Waals surface area contributed by atoms with Crippen molar-refractivity contribution in [3.63, 3.8) is 0 Å². The van der Waals surface area contributed by atoms with Crippen molar-refractivity contribution in [2.75, 3.05) is 50.7 Å². The number of hydrogen-bond donors (Lipinski definition) is 1. The monoisotopic (exact) mass is 394 g/mol. The minimum atomic E-state index is 0.0507. The van der Waals surface area contributed by atoms with E-state index in [1.54, 1.807) is 0 Å². The molecule has 0 aromatic heterocycles. The van der Waals surface area contributed by atoms with Gasteiger partial charge in [-0.1, -0.05) is 51.4 Å². The second-order valence-electron chi connectivity index (χ2n) is 7.62. The fraction of sp³-hybridized carbons (Fsp3) is 0.667. The van der Waals surface area contributed by atoms with Crippen LogP contribution in [0.4, 0.5) is 10.5 Å². The van der Waals surface area contributed by atoms with Crippen molar-refractivity contribution in [3.05, 3.63) is 29.3 Å². The summed E-state index contributed by atoms with van der Waals surface area (Å²) in [4.78, 5) is 19.3. The van der Waals surface area contributed by atoms with Crippen LogP contribution in [0.1, 0.15) is 34.1 Å². The average molecular weight is 395 g/mol. The lowest BCUT2D eigenvalue weighted by atomic mass is 10.0. The van der Waals surface area contributed by atoms with Crippen molar-refractivity contribution >= 4 is 23.3 Å². The summed E-state index contributed by atoms with van der Waals surface area (Å²) in [5.41, 5.74) is 1.05. The van der Waals surface area contributed by atoms with E-state index in [4.69, 9.17) is 11.6 Å². The second-order valence-corrected chi connectivity index (χ2v) is 8.02. The molecule has 2 amide bonds. The predicted molar refractivity (Wildman–Crippen MR) is 115 cm³/mol. The molecule has 6 heteroatoms. The fourth-order valence-corrected chi connectivity index (χ4v) is 4.08. The maximum atomic E-state index is 12.6. The molecule has 0 radical (unpaired) electrons. The van der Waals surface area contributed by atoms with E-state index < -0.39 is 0 Å². The van der Waals surface area contributed by atoms with Gasteiger partial charge < -0.3 is 15.1 Å². The third-order valence-corrected chi connectivity index (χ3v) is 5.64. The molecular formula is C21H35ClN4O. The van der Waals surface area contributed by atoms with Crippen LogP contribution in [0.5, 0.6) is 0 Å². The van der Waals surface area contributed by atoms with Gasteiger partial charge in [-0.2, -0.15) is 0 Å². The molecule has 1 aliphatic heterocycles. The van der Waals surface area contributed by atoms with Crippen LogP contribution in [-0.4, -0.2) is 67.7 Å². The summed E-state index contributed by atoms with van der Waals surface area (Å²) in [5.74, 6) is 0.617.